The van der Waals surface area contributed by atoms with Crippen LogP contribution < -0.4 is 25.4 Å². The topological polar surface area (TPSA) is 102 Å². The summed E-state index contributed by atoms with van der Waals surface area (Å²) in [7, 11) is 0. The summed E-state index contributed by atoms with van der Waals surface area (Å²) in [6, 6.07) is 1.66. The van der Waals surface area contributed by atoms with Gasteiger partial charge in [-0.1, -0.05) is 11.6 Å². The van der Waals surface area contributed by atoms with Crippen molar-refractivity contribution in [2.24, 2.45) is 0 Å². The first-order valence-corrected chi connectivity index (χ1v) is 15.0. The van der Waals surface area contributed by atoms with E-state index in [9.17, 15) is 17.6 Å². The molecular weight excluding hydrogens is 609 g/mol. The molecular formula is C29H31ClF5N7O2. The number of rotatable bonds is 6. The highest BCUT2D eigenvalue weighted by molar-refractivity contribution is 6.32. The van der Waals surface area contributed by atoms with Gasteiger partial charge in [0.25, 0.3) is 0 Å². The Hall–Kier alpha value is -3.23. The summed E-state index contributed by atoms with van der Waals surface area (Å²) < 4.78 is 85.7. The van der Waals surface area contributed by atoms with Crippen LogP contribution in [0.2, 0.25) is 5.02 Å². The second-order valence-corrected chi connectivity index (χ2v) is 12.6. The molecule has 3 saturated heterocycles. The normalized spacial score (nSPS) is 26.8. The molecule has 0 aliphatic carbocycles. The molecule has 0 radical (unpaired) electrons. The fraction of sp³-hybridized carbons (Fsp3) is 0.552. The molecule has 3 fully saturated rings. The highest BCUT2D eigenvalue weighted by Crippen LogP contribution is 2.46. The molecule has 4 aliphatic heterocycles. The number of fused-ring (bicyclic) bond motifs is 1. The van der Waals surface area contributed by atoms with Gasteiger partial charge in [0.1, 0.15) is 41.8 Å². The first-order chi connectivity index (χ1) is 20.9. The third kappa shape index (κ3) is 4.94. The van der Waals surface area contributed by atoms with Gasteiger partial charge in [-0.15, -0.1) is 0 Å². The molecule has 15 heteroatoms. The standard InChI is InChI=1S/C29H31ClF5N7O2/c1-14-12-43-26-20-24(22(32)23(38-26)18-7-16(36)8-19(30)21(18)29(33,34)35)39-27(40-25(20)42(14)11-17-3-5-37-17)44-13-28-4-2-6-41(28)10-15(31)9-28/h7-8,14-15,17,37H,2-6,9-13,36H2,1H3/t14?,15-,17?,28+/m1/s1. The summed E-state index contributed by atoms with van der Waals surface area (Å²) in [5.74, 6) is -0.944. The molecule has 0 spiro atoms. The number of nitrogens with two attached hydrogens (primary N) is 1. The molecule has 4 aliphatic rings. The zero-order chi connectivity index (χ0) is 31.0. The fourth-order valence-electron chi connectivity index (χ4n) is 6.92. The Morgan fingerprint density at radius 1 is 1.25 bits per heavy atom. The lowest BCUT2D eigenvalue weighted by Gasteiger charge is -2.36. The number of nitrogens with zero attached hydrogens (tertiary/aromatic N) is 5. The SMILES string of the molecule is CC1COc2nc(-c3cc(N)cc(Cl)c3C(F)(F)F)c(F)c3nc(OC[C@@]45CCCN4C[C@H](F)C5)nc(c23)N1CC1CCN1. The van der Waals surface area contributed by atoms with E-state index >= 15 is 4.39 Å². The van der Waals surface area contributed by atoms with Crippen molar-refractivity contribution in [1.29, 1.82) is 0 Å². The maximum atomic E-state index is 16.6. The first kappa shape index (κ1) is 29.5. The number of nitrogen functional groups attached to an aromatic ring is 1. The zero-order valence-electron chi connectivity index (χ0n) is 23.9. The molecule has 2 aromatic heterocycles. The third-order valence-electron chi connectivity index (χ3n) is 9.20. The van der Waals surface area contributed by atoms with Crippen LogP contribution in [-0.4, -0.2) is 83.0 Å². The van der Waals surface area contributed by atoms with Crippen LogP contribution in [0, 0.1) is 5.82 Å². The van der Waals surface area contributed by atoms with E-state index in [1.807, 2.05) is 11.8 Å². The molecule has 2 unspecified atom stereocenters. The number of hydrogen-bond acceptors (Lipinski definition) is 9. The van der Waals surface area contributed by atoms with Crippen molar-refractivity contribution in [3.05, 3.63) is 28.5 Å². The minimum absolute atomic E-state index is 0.0874. The van der Waals surface area contributed by atoms with Gasteiger partial charge in [-0.25, -0.2) is 13.8 Å². The van der Waals surface area contributed by atoms with Gasteiger partial charge in [0.05, 0.1) is 22.2 Å². The zero-order valence-corrected chi connectivity index (χ0v) is 24.6. The summed E-state index contributed by atoms with van der Waals surface area (Å²) in [6.07, 6.45) is -3.05. The lowest BCUT2D eigenvalue weighted by Crippen LogP contribution is -2.53. The lowest BCUT2D eigenvalue weighted by atomic mass is 9.95. The van der Waals surface area contributed by atoms with E-state index in [0.717, 1.165) is 44.5 Å². The van der Waals surface area contributed by atoms with Gasteiger partial charge in [-0.05, 0) is 51.4 Å². The molecule has 1 aromatic carbocycles. The summed E-state index contributed by atoms with van der Waals surface area (Å²) in [5, 5.41) is 2.78. The Morgan fingerprint density at radius 3 is 2.77 bits per heavy atom. The average molecular weight is 640 g/mol. The fourth-order valence-corrected chi connectivity index (χ4v) is 7.25. The minimum Gasteiger partial charge on any atom is -0.475 e. The van der Waals surface area contributed by atoms with Gasteiger partial charge in [0.15, 0.2) is 5.82 Å². The van der Waals surface area contributed by atoms with Crippen molar-refractivity contribution in [3.63, 3.8) is 0 Å². The predicted molar refractivity (Wildman–Crippen MR) is 154 cm³/mol. The smallest absolute Gasteiger partial charge is 0.418 e. The van der Waals surface area contributed by atoms with Gasteiger partial charge in [-0.3, -0.25) is 4.90 Å². The number of halogens is 6. The van der Waals surface area contributed by atoms with E-state index in [-0.39, 0.29) is 53.8 Å². The van der Waals surface area contributed by atoms with Crippen molar-refractivity contribution < 1.29 is 31.4 Å². The summed E-state index contributed by atoms with van der Waals surface area (Å²) in [4.78, 5) is 17.4. The van der Waals surface area contributed by atoms with E-state index in [2.05, 4.69) is 20.2 Å². The number of alkyl halides is 4. The third-order valence-corrected chi connectivity index (χ3v) is 9.50. The molecule has 9 nitrogen and oxygen atoms in total. The van der Waals surface area contributed by atoms with Crippen LogP contribution in [0.1, 0.15) is 38.2 Å². The molecule has 6 heterocycles. The average Bonchev–Trinajstić information content (AvgIpc) is 3.40. The van der Waals surface area contributed by atoms with Crippen LogP contribution in [0.3, 0.4) is 0 Å². The van der Waals surface area contributed by atoms with E-state index in [1.54, 1.807) is 0 Å². The Balaban J connectivity index is 1.40. The van der Waals surface area contributed by atoms with Crippen molar-refractivity contribution in [2.75, 3.05) is 50.0 Å². The van der Waals surface area contributed by atoms with Crippen LogP contribution in [-0.2, 0) is 6.18 Å². The van der Waals surface area contributed by atoms with Crippen LogP contribution in [0.25, 0.3) is 22.2 Å². The summed E-state index contributed by atoms with van der Waals surface area (Å²) >= 11 is 5.99. The Labute approximate surface area is 254 Å². The largest absolute Gasteiger partial charge is 0.475 e. The number of hydrogen-bond donors (Lipinski definition) is 2. The van der Waals surface area contributed by atoms with Crippen molar-refractivity contribution in [3.8, 4) is 23.1 Å². The van der Waals surface area contributed by atoms with Crippen molar-refractivity contribution in [2.45, 2.75) is 62.6 Å². The number of anilines is 2. The number of pyridine rings is 1. The predicted octanol–water partition coefficient (Wildman–Crippen LogP) is 4.99. The number of aromatic nitrogens is 3. The molecule has 0 bridgehead atoms. The molecule has 44 heavy (non-hydrogen) atoms. The molecule has 0 saturated carbocycles. The van der Waals surface area contributed by atoms with Gasteiger partial charge >= 0.3 is 12.2 Å². The molecule has 0 amide bonds. The molecule has 236 valence electrons. The first-order valence-electron chi connectivity index (χ1n) is 14.7. The van der Waals surface area contributed by atoms with E-state index in [1.165, 1.54) is 0 Å². The summed E-state index contributed by atoms with van der Waals surface area (Å²) in [5.41, 5.74) is 2.34. The molecule has 3 aromatic rings. The maximum Gasteiger partial charge on any atom is 0.418 e. The molecule has 3 N–H and O–H groups in total. The minimum atomic E-state index is -4.94. The Kier molecular flexibility index (Phi) is 7.16. The summed E-state index contributed by atoms with van der Waals surface area (Å²) in [6.45, 7) is 4.56. The van der Waals surface area contributed by atoms with Crippen molar-refractivity contribution in [1.82, 2.24) is 25.2 Å². The Morgan fingerprint density at radius 2 is 2.05 bits per heavy atom. The van der Waals surface area contributed by atoms with Gasteiger partial charge < -0.3 is 25.4 Å². The molecule has 4 atom stereocenters. The van der Waals surface area contributed by atoms with E-state index < -0.39 is 45.5 Å². The van der Waals surface area contributed by atoms with Gasteiger partial charge in [0, 0.05) is 36.8 Å². The highest BCUT2D eigenvalue weighted by Gasteiger charge is 2.49. The van der Waals surface area contributed by atoms with Gasteiger partial charge in [0.2, 0.25) is 5.88 Å². The van der Waals surface area contributed by atoms with Crippen LogP contribution in [0.5, 0.6) is 11.9 Å². The van der Waals surface area contributed by atoms with Crippen LogP contribution >= 0.6 is 11.6 Å². The maximum absolute atomic E-state index is 16.6. The van der Waals surface area contributed by atoms with E-state index in [4.69, 9.17) is 31.8 Å². The highest BCUT2D eigenvalue weighted by atomic mass is 35.5. The quantitative estimate of drug-likeness (QED) is 0.285. The second-order valence-electron chi connectivity index (χ2n) is 12.2. The van der Waals surface area contributed by atoms with Crippen LogP contribution in [0.15, 0.2) is 12.1 Å². The second kappa shape index (κ2) is 10.7. The van der Waals surface area contributed by atoms with Crippen molar-refractivity contribution >= 4 is 34.0 Å². The van der Waals surface area contributed by atoms with Crippen LogP contribution in [0.4, 0.5) is 33.5 Å². The number of nitrogens with one attached hydrogen (secondary N) is 1. The monoisotopic (exact) mass is 639 g/mol. The molecule has 7 rings (SSSR count). The Bertz CT molecular complexity index is 1620. The number of benzene rings is 1. The lowest BCUT2D eigenvalue weighted by molar-refractivity contribution is -0.137. The number of ether oxygens (including phenoxy) is 2. The van der Waals surface area contributed by atoms with Gasteiger partial charge in [-0.2, -0.15) is 23.1 Å². The van der Waals surface area contributed by atoms with E-state index in [0.29, 0.717) is 25.3 Å².